The summed E-state index contributed by atoms with van der Waals surface area (Å²) in [5, 5.41) is 17.1. The monoisotopic (exact) mass is 182 g/mol. The average molecular weight is 182 g/mol. The van der Waals surface area contributed by atoms with Crippen LogP contribution in [0.15, 0.2) is 11.5 Å². The third-order valence-electron chi connectivity index (χ3n) is 1.29. The van der Waals surface area contributed by atoms with Crippen molar-refractivity contribution in [2.24, 2.45) is 7.05 Å². The minimum absolute atomic E-state index is 0.444. The van der Waals surface area contributed by atoms with Crippen molar-refractivity contribution >= 4 is 11.8 Å². The molecule has 0 fully saturated rings. The summed E-state index contributed by atoms with van der Waals surface area (Å²) in [6.45, 7) is 3.71. The Hall–Kier alpha value is -1.02. The summed E-state index contributed by atoms with van der Waals surface area (Å²) < 4.78 is 1.35. The van der Waals surface area contributed by atoms with Gasteiger partial charge in [-0.2, -0.15) is 5.26 Å². The lowest BCUT2D eigenvalue weighted by Gasteiger charge is -2.12. The van der Waals surface area contributed by atoms with E-state index in [9.17, 15) is 0 Å². The highest BCUT2D eigenvalue weighted by atomic mass is 32.2. The molecule has 12 heavy (non-hydrogen) atoms. The molecule has 0 bridgehead atoms. The summed E-state index contributed by atoms with van der Waals surface area (Å²) in [6.07, 6.45) is 1.62. The van der Waals surface area contributed by atoms with Gasteiger partial charge < -0.3 is 4.57 Å². The molecule has 0 spiro atoms. The highest BCUT2D eigenvalue weighted by Gasteiger charge is 2.20. The maximum atomic E-state index is 8.76. The Morgan fingerprint density at radius 2 is 2.33 bits per heavy atom. The van der Waals surface area contributed by atoms with Crippen LogP contribution in [-0.4, -0.2) is 19.5 Å². The molecule has 0 aliphatic rings. The number of hydrogen-bond donors (Lipinski definition) is 0. The summed E-state index contributed by atoms with van der Waals surface area (Å²) >= 11 is 1.41. The van der Waals surface area contributed by atoms with E-state index < -0.39 is 4.75 Å². The molecular weight excluding hydrogens is 172 g/mol. The number of thioether (sulfide) groups is 1. The fourth-order valence-electron chi connectivity index (χ4n) is 0.616. The summed E-state index contributed by atoms with van der Waals surface area (Å²) in [5.41, 5.74) is 0. The van der Waals surface area contributed by atoms with Gasteiger partial charge in [0.25, 0.3) is 0 Å². The minimum Gasteiger partial charge on any atom is -0.312 e. The van der Waals surface area contributed by atoms with Gasteiger partial charge in [-0.3, -0.25) is 0 Å². The van der Waals surface area contributed by atoms with E-state index in [0.29, 0.717) is 0 Å². The molecule has 0 aliphatic heterocycles. The fourth-order valence-corrected chi connectivity index (χ4v) is 1.40. The maximum Gasteiger partial charge on any atom is 0.192 e. The number of nitriles is 1. The molecule has 1 heterocycles. The van der Waals surface area contributed by atoms with Crippen molar-refractivity contribution in [3.05, 3.63) is 6.33 Å². The van der Waals surface area contributed by atoms with Crippen LogP contribution in [0.1, 0.15) is 13.8 Å². The first-order valence-electron chi connectivity index (χ1n) is 3.49. The smallest absolute Gasteiger partial charge is 0.192 e. The first-order valence-corrected chi connectivity index (χ1v) is 4.31. The highest BCUT2D eigenvalue weighted by Crippen LogP contribution is 2.29. The molecule has 1 aromatic heterocycles. The maximum absolute atomic E-state index is 8.76. The number of hydrogen-bond acceptors (Lipinski definition) is 4. The predicted octanol–water partition coefficient (Wildman–Crippen LogP) is 1.21. The molecule has 64 valence electrons. The van der Waals surface area contributed by atoms with Crippen LogP contribution < -0.4 is 0 Å². The van der Waals surface area contributed by atoms with Crippen molar-refractivity contribution in [1.82, 2.24) is 14.8 Å². The van der Waals surface area contributed by atoms with Crippen molar-refractivity contribution in [2.75, 3.05) is 0 Å². The van der Waals surface area contributed by atoms with Crippen LogP contribution in [0, 0.1) is 11.3 Å². The SMILES string of the molecule is Cn1cnnc1SC(C)(C)C#N. The Morgan fingerprint density at radius 3 is 2.75 bits per heavy atom. The van der Waals surface area contributed by atoms with E-state index >= 15 is 0 Å². The van der Waals surface area contributed by atoms with Gasteiger partial charge in [0.2, 0.25) is 0 Å². The minimum atomic E-state index is -0.444. The van der Waals surface area contributed by atoms with Gasteiger partial charge in [-0.25, -0.2) is 0 Å². The lowest BCUT2D eigenvalue weighted by molar-refractivity contribution is 0.776. The van der Waals surface area contributed by atoms with Gasteiger partial charge in [-0.05, 0) is 13.8 Å². The lowest BCUT2D eigenvalue weighted by atomic mass is 10.2. The largest absolute Gasteiger partial charge is 0.312 e. The van der Waals surface area contributed by atoms with Crippen LogP contribution in [0.25, 0.3) is 0 Å². The number of aromatic nitrogens is 3. The molecule has 0 atom stereocenters. The first-order chi connectivity index (χ1) is 5.55. The quantitative estimate of drug-likeness (QED) is 0.645. The second-order valence-corrected chi connectivity index (χ2v) is 4.54. The van der Waals surface area contributed by atoms with Crippen LogP contribution in [0.2, 0.25) is 0 Å². The van der Waals surface area contributed by atoms with E-state index in [4.69, 9.17) is 5.26 Å². The van der Waals surface area contributed by atoms with E-state index in [1.54, 1.807) is 10.9 Å². The summed E-state index contributed by atoms with van der Waals surface area (Å²) in [6, 6.07) is 2.19. The molecule has 1 aromatic rings. The van der Waals surface area contributed by atoms with Gasteiger partial charge in [0, 0.05) is 7.05 Å². The second kappa shape index (κ2) is 3.15. The van der Waals surface area contributed by atoms with Crippen LogP contribution >= 0.6 is 11.8 Å². The third-order valence-corrected chi connectivity index (χ3v) is 2.44. The zero-order chi connectivity index (χ0) is 9.19. The van der Waals surface area contributed by atoms with Crippen molar-refractivity contribution in [3.63, 3.8) is 0 Å². The zero-order valence-corrected chi connectivity index (χ0v) is 8.09. The first kappa shape index (κ1) is 9.07. The predicted molar refractivity (Wildman–Crippen MR) is 46.6 cm³/mol. The van der Waals surface area contributed by atoms with E-state index in [1.807, 2.05) is 20.9 Å². The van der Waals surface area contributed by atoms with Crippen molar-refractivity contribution in [2.45, 2.75) is 23.8 Å². The topological polar surface area (TPSA) is 54.5 Å². The third kappa shape index (κ3) is 1.98. The van der Waals surface area contributed by atoms with Crippen LogP contribution in [0.5, 0.6) is 0 Å². The van der Waals surface area contributed by atoms with E-state index in [0.717, 1.165) is 5.16 Å². The molecule has 0 radical (unpaired) electrons. The fraction of sp³-hybridized carbons (Fsp3) is 0.571. The zero-order valence-electron chi connectivity index (χ0n) is 7.27. The van der Waals surface area contributed by atoms with Gasteiger partial charge in [-0.15, -0.1) is 10.2 Å². The van der Waals surface area contributed by atoms with Gasteiger partial charge in [-0.1, -0.05) is 11.8 Å². The summed E-state index contributed by atoms with van der Waals surface area (Å²) in [7, 11) is 1.86. The molecule has 1 rings (SSSR count). The van der Waals surface area contributed by atoms with Crippen molar-refractivity contribution < 1.29 is 0 Å². The van der Waals surface area contributed by atoms with Crippen molar-refractivity contribution in [3.8, 4) is 6.07 Å². The second-order valence-electron chi connectivity index (χ2n) is 2.95. The van der Waals surface area contributed by atoms with Crippen LogP contribution in [0.3, 0.4) is 0 Å². The van der Waals surface area contributed by atoms with Crippen LogP contribution in [0.4, 0.5) is 0 Å². The standard InChI is InChI=1S/C7H10N4S/c1-7(2,4-8)12-6-10-9-5-11(6)3/h5H,1-3H3. The summed E-state index contributed by atoms with van der Waals surface area (Å²) in [5.74, 6) is 0. The molecular formula is C7H10N4S. The Morgan fingerprint density at radius 1 is 1.67 bits per heavy atom. The molecule has 0 saturated carbocycles. The molecule has 4 nitrogen and oxygen atoms in total. The molecule has 0 amide bonds. The molecule has 0 aliphatic carbocycles. The number of aryl methyl sites for hydroxylation is 1. The van der Waals surface area contributed by atoms with Crippen molar-refractivity contribution in [1.29, 1.82) is 5.26 Å². The number of rotatable bonds is 2. The Bertz CT molecular complexity index is 309. The van der Waals surface area contributed by atoms with Gasteiger partial charge in [0.15, 0.2) is 5.16 Å². The average Bonchev–Trinajstić information content (AvgIpc) is 2.36. The van der Waals surface area contributed by atoms with Gasteiger partial charge in [0.1, 0.15) is 11.1 Å². The van der Waals surface area contributed by atoms with Gasteiger partial charge >= 0.3 is 0 Å². The Labute approximate surface area is 75.6 Å². The molecule has 5 heteroatoms. The molecule has 0 aromatic carbocycles. The van der Waals surface area contributed by atoms with E-state index in [2.05, 4.69) is 16.3 Å². The van der Waals surface area contributed by atoms with Gasteiger partial charge in [0.05, 0.1) is 6.07 Å². The molecule has 0 N–H and O–H groups in total. The normalized spacial score (nSPS) is 11.2. The highest BCUT2D eigenvalue weighted by molar-refractivity contribution is 8.00. The lowest BCUT2D eigenvalue weighted by Crippen LogP contribution is -2.11. The molecule has 0 saturated heterocycles. The summed E-state index contributed by atoms with van der Waals surface area (Å²) in [4.78, 5) is 0. The molecule has 0 unspecified atom stereocenters. The van der Waals surface area contributed by atoms with E-state index in [1.165, 1.54) is 11.8 Å². The number of nitrogens with zero attached hydrogens (tertiary/aromatic N) is 4. The Kier molecular flexibility index (Phi) is 2.38. The van der Waals surface area contributed by atoms with E-state index in [-0.39, 0.29) is 0 Å². The van der Waals surface area contributed by atoms with Crippen LogP contribution in [-0.2, 0) is 7.05 Å². The Balaban J connectivity index is 2.78.